The number of amides is 4. The number of nitrogens with two attached hydrogens (primary N) is 2. The first-order chi connectivity index (χ1) is 14.3. The maximum absolute atomic E-state index is 13.0. The van der Waals surface area contributed by atoms with Crippen molar-refractivity contribution in [3.63, 3.8) is 0 Å². The zero-order chi connectivity index (χ0) is 21.8. The summed E-state index contributed by atoms with van der Waals surface area (Å²) in [4.78, 5) is 51.3. The van der Waals surface area contributed by atoms with Crippen molar-refractivity contribution in [2.45, 2.75) is 69.2 Å². The highest BCUT2D eigenvalue weighted by atomic mass is 16.2. The van der Waals surface area contributed by atoms with Crippen molar-refractivity contribution in [2.24, 2.45) is 11.5 Å². The monoisotopic (exact) mass is 415 g/mol. The number of primary amides is 1. The third-order valence-corrected chi connectivity index (χ3v) is 5.82. The third-order valence-electron chi connectivity index (χ3n) is 5.82. The van der Waals surface area contributed by atoms with E-state index < -0.39 is 41.9 Å². The molecule has 0 spiro atoms. The van der Waals surface area contributed by atoms with Crippen LogP contribution in [0, 0.1) is 0 Å². The molecule has 0 radical (unpaired) electrons. The van der Waals surface area contributed by atoms with Gasteiger partial charge in [-0.05, 0) is 38.2 Å². The first kappa shape index (κ1) is 21.8. The molecular weight excluding hydrogens is 386 g/mol. The van der Waals surface area contributed by atoms with Crippen molar-refractivity contribution in [2.75, 3.05) is 0 Å². The molecule has 1 aromatic carbocycles. The van der Waals surface area contributed by atoms with Crippen LogP contribution in [-0.2, 0) is 25.6 Å². The van der Waals surface area contributed by atoms with Crippen LogP contribution >= 0.6 is 0 Å². The van der Waals surface area contributed by atoms with Crippen LogP contribution in [0.4, 0.5) is 0 Å². The Morgan fingerprint density at radius 2 is 1.80 bits per heavy atom. The molecule has 0 bridgehead atoms. The summed E-state index contributed by atoms with van der Waals surface area (Å²) in [5.41, 5.74) is 12.0. The Hall–Kier alpha value is -2.94. The van der Waals surface area contributed by atoms with E-state index in [1.54, 1.807) is 11.8 Å². The molecule has 2 fully saturated rings. The van der Waals surface area contributed by atoms with Gasteiger partial charge in [0.25, 0.3) is 0 Å². The van der Waals surface area contributed by atoms with Crippen molar-refractivity contribution in [3.8, 4) is 0 Å². The van der Waals surface area contributed by atoms with Crippen LogP contribution in [0.15, 0.2) is 30.3 Å². The predicted octanol–water partition coefficient (Wildman–Crippen LogP) is -0.815. The first-order valence-corrected chi connectivity index (χ1v) is 10.3. The van der Waals surface area contributed by atoms with E-state index in [0.717, 1.165) is 5.56 Å². The SMILES string of the molecule is C[C@H](N)C(=O)N[C@H]1CCC2CC[C@@H](C(=O)N[C@H](Cc3ccccc3)C(N)=O)N2C1=O. The van der Waals surface area contributed by atoms with E-state index in [1.165, 1.54) is 0 Å². The third kappa shape index (κ3) is 4.79. The van der Waals surface area contributed by atoms with E-state index in [-0.39, 0.29) is 18.4 Å². The molecule has 1 unspecified atom stereocenters. The smallest absolute Gasteiger partial charge is 0.246 e. The van der Waals surface area contributed by atoms with Crippen molar-refractivity contribution in [1.82, 2.24) is 15.5 Å². The van der Waals surface area contributed by atoms with Crippen LogP contribution in [0.3, 0.4) is 0 Å². The molecule has 2 saturated heterocycles. The zero-order valence-electron chi connectivity index (χ0n) is 17.0. The number of nitrogens with zero attached hydrogens (tertiary/aromatic N) is 1. The average molecular weight is 415 g/mol. The summed E-state index contributed by atoms with van der Waals surface area (Å²) in [5.74, 6) is -1.71. The first-order valence-electron chi connectivity index (χ1n) is 10.3. The van der Waals surface area contributed by atoms with Crippen LogP contribution in [0.5, 0.6) is 0 Å². The maximum atomic E-state index is 13.0. The van der Waals surface area contributed by atoms with E-state index in [2.05, 4.69) is 10.6 Å². The van der Waals surface area contributed by atoms with Crippen molar-refractivity contribution in [1.29, 1.82) is 0 Å². The van der Waals surface area contributed by atoms with Gasteiger partial charge in [0.1, 0.15) is 18.1 Å². The normalized spacial score (nSPS) is 25.2. The van der Waals surface area contributed by atoms with E-state index in [1.807, 2.05) is 30.3 Å². The summed E-state index contributed by atoms with van der Waals surface area (Å²) in [6.07, 6.45) is 2.71. The zero-order valence-corrected chi connectivity index (χ0v) is 17.0. The van der Waals surface area contributed by atoms with Crippen LogP contribution in [0.1, 0.15) is 38.2 Å². The second-order valence-electron chi connectivity index (χ2n) is 8.07. The Morgan fingerprint density at radius 3 is 2.43 bits per heavy atom. The van der Waals surface area contributed by atoms with Gasteiger partial charge in [-0.25, -0.2) is 0 Å². The molecule has 0 saturated carbocycles. The molecule has 2 heterocycles. The fourth-order valence-electron chi connectivity index (χ4n) is 4.20. The minimum absolute atomic E-state index is 0.0437. The van der Waals surface area contributed by atoms with Gasteiger partial charge in [-0.3, -0.25) is 19.2 Å². The van der Waals surface area contributed by atoms with Gasteiger partial charge >= 0.3 is 0 Å². The number of nitrogens with one attached hydrogen (secondary N) is 2. The van der Waals surface area contributed by atoms with Gasteiger partial charge in [-0.15, -0.1) is 0 Å². The topological polar surface area (TPSA) is 148 Å². The molecule has 3 rings (SSSR count). The van der Waals surface area contributed by atoms with Crippen LogP contribution in [-0.4, -0.2) is 58.7 Å². The fraction of sp³-hybridized carbons (Fsp3) is 0.524. The quantitative estimate of drug-likeness (QED) is 0.459. The van der Waals surface area contributed by atoms with E-state index in [4.69, 9.17) is 11.5 Å². The lowest BCUT2D eigenvalue weighted by molar-refractivity contribution is -0.146. The average Bonchev–Trinajstić information content (AvgIpc) is 3.15. The standard InChI is InChI=1S/C21H29N5O4/c1-12(22)19(28)24-15-9-7-14-8-10-17(26(14)21(15)30)20(29)25-16(18(23)27)11-13-5-3-2-4-6-13/h2-6,12,14-17H,7-11,22H2,1H3,(H2,23,27)(H,24,28)(H,25,29)/t12-,14?,15-,16+,17-/m0/s1. The van der Waals surface area contributed by atoms with Gasteiger partial charge in [-0.2, -0.15) is 0 Å². The Kier molecular flexibility index (Phi) is 6.71. The van der Waals surface area contributed by atoms with Crippen molar-refractivity contribution in [3.05, 3.63) is 35.9 Å². The number of piperidine rings is 1. The van der Waals surface area contributed by atoms with Crippen LogP contribution in [0.25, 0.3) is 0 Å². The number of hydrogen-bond donors (Lipinski definition) is 4. The van der Waals surface area contributed by atoms with Crippen molar-refractivity contribution >= 4 is 23.6 Å². The largest absolute Gasteiger partial charge is 0.368 e. The Balaban J connectivity index is 1.68. The molecule has 9 nitrogen and oxygen atoms in total. The van der Waals surface area contributed by atoms with Gasteiger partial charge in [0.05, 0.1) is 6.04 Å². The summed E-state index contributed by atoms with van der Waals surface area (Å²) < 4.78 is 0. The summed E-state index contributed by atoms with van der Waals surface area (Å²) in [6, 6.07) is 6.26. The minimum atomic E-state index is -0.868. The summed E-state index contributed by atoms with van der Waals surface area (Å²) in [5, 5.41) is 5.39. The lowest BCUT2D eigenvalue weighted by Crippen LogP contribution is -2.61. The fourth-order valence-corrected chi connectivity index (χ4v) is 4.20. The molecule has 2 aliphatic rings. The highest BCUT2D eigenvalue weighted by Crippen LogP contribution is 2.32. The van der Waals surface area contributed by atoms with E-state index in [0.29, 0.717) is 25.7 Å². The van der Waals surface area contributed by atoms with Crippen LogP contribution in [0.2, 0.25) is 0 Å². The number of carbonyl (C=O) groups excluding carboxylic acids is 4. The summed E-state index contributed by atoms with van der Waals surface area (Å²) >= 11 is 0. The maximum Gasteiger partial charge on any atom is 0.246 e. The molecule has 6 N–H and O–H groups in total. The van der Waals surface area contributed by atoms with Gasteiger partial charge in [0.15, 0.2) is 0 Å². The van der Waals surface area contributed by atoms with Gasteiger partial charge < -0.3 is 27.0 Å². The molecule has 5 atom stereocenters. The van der Waals surface area contributed by atoms with Gasteiger partial charge in [0.2, 0.25) is 23.6 Å². The second-order valence-corrected chi connectivity index (χ2v) is 8.07. The molecule has 4 amide bonds. The number of fused-ring (bicyclic) bond motifs is 1. The summed E-state index contributed by atoms with van der Waals surface area (Å²) in [6.45, 7) is 1.55. The Labute approximate surface area is 175 Å². The van der Waals surface area contributed by atoms with E-state index in [9.17, 15) is 19.2 Å². The molecule has 0 aromatic heterocycles. The highest BCUT2D eigenvalue weighted by molar-refractivity contribution is 5.95. The van der Waals surface area contributed by atoms with Crippen LogP contribution < -0.4 is 22.1 Å². The molecule has 1 aromatic rings. The molecule has 2 aliphatic heterocycles. The number of hydrogen-bond acceptors (Lipinski definition) is 5. The Bertz CT molecular complexity index is 813. The Morgan fingerprint density at radius 1 is 1.13 bits per heavy atom. The second kappa shape index (κ2) is 9.25. The number of benzene rings is 1. The molecular formula is C21H29N5O4. The summed E-state index contributed by atoms with van der Waals surface area (Å²) in [7, 11) is 0. The van der Waals surface area contributed by atoms with Gasteiger partial charge in [-0.1, -0.05) is 30.3 Å². The lowest BCUT2D eigenvalue weighted by atomic mass is 9.97. The molecule has 9 heteroatoms. The van der Waals surface area contributed by atoms with Crippen molar-refractivity contribution < 1.29 is 19.2 Å². The highest BCUT2D eigenvalue weighted by Gasteiger charge is 2.46. The number of rotatable bonds is 7. The predicted molar refractivity (Wildman–Crippen MR) is 110 cm³/mol. The number of carbonyl (C=O) groups is 4. The molecule has 30 heavy (non-hydrogen) atoms. The van der Waals surface area contributed by atoms with Gasteiger partial charge in [0, 0.05) is 12.5 Å². The lowest BCUT2D eigenvalue weighted by Gasteiger charge is -2.38. The van der Waals surface area contributed by atoms with E-state index >= 15 is 0 Å². The minimum Gasteiger partial charge on any atom is -0.368 e. The molecule has 0 aliphatic carbocycles. The molecule has 162 valence electrons.